The van der Waals surface area contributed by atoms with Gasteiger partial charge in [0.25, 0.3) is 17.7 Å². The molecule has 1 heterocycles. The lowest BCUT2D eigenvalue weighted by atomic mass is 9.81. The quantitative estimate of drug-likeness (QED) is 0.479. The second kappa shape index (κ2) is 8.30. The largest absolute Gasteiger partial charge is 0.497 e. The number of Topliss-reactive ketones (excluding diaryl/α,β-unsaturated/α-hetero) is 1. The molecular weight excluding hydrogens is 444 g/mol. The first-order valence-corrected chi connectivity index (χ1v) is 11.4. The minimum absolute atomic E-state index is 0.169. The third-order valence-electron chi connectivity index (χ3n) is 7.16. The van der Waals surface area contributed by atoms with E-state index in [1.165, 1.54) is 19.2 Å². The van der Waals surface area contributed by atoms with Crippen molar-refractivity contribution in [2.75, 3.05) is 13.7 Å². The lowest BCUT2D eigenvalue weighted by Gasteiger charge is -2.30. The summed E-state index contributed by atoms with van der Waals surface area (Å²) < 4.78 is 5.19. The highest BCUT2D eigenvalue weighted by molar-refractivity contribution is 6.30. The summed E-state index contributed by atoms with van der Waals surface area (Å²) in [6.07, 6.45) is 2.73. The Morgan fingerprint density at radius 3 is 2.24 bits per heavy atom. The Bertz CT molecular complexity index is 1120. The second-order valence-electron chi connectivity index (χ2n) is 8.90. The van der Waals surface area contributed by atoms with Crippen LogP contribution in [0.15, 0.2) is 48.5 Å². The predicted molar refractivity (Wildman–Crippen MR) is 119 cm³/mol. The van der Waals surface area contributed by atoms with Gasteiger partial charge in [0.1, 0.15) is 12.3 Å². The van der Waals surface area contributed by atoms with Gasteiger partial charge in [0.15, 0.2) is 5.78 Å². The lowest BCUT2D eigenvalue weighted by molar-refractivity contribution is -0.154. The Morgan fingerprint density at radius 2 is 1.64 bits per heavy atom. The van der Waals surface area contributed by atoms with E-state index in [0.29, 0.717) is 16.3 Å². The van der Waals surface area contributed by atoms with Gasteiger partial charge in [-0.3, -0.25) is 19.2 Å². The van der Waals surface area contributed by atoms with E-state index >= 15 is 0 Å². The van der Waals surface area contributed by atoms with E-state index in [1.807, 2.05) is 0 Å². The molecule has 8 heteroatoms. The molecule has 7 nitrogen and oxygen atoms in total. The maximum atomic E-state index is 13.5. The summed E-state index contributed by atoms with van der Waals surface area (Å²) >= 11 is 5.96. The van der Waals surface area contributed by atoms with Gasteiger partial charge >= 0.3 is 0 Å². The number of methoxy groups -OCH3 is 1. The number of ether oxygens (including phenoxy) is 1. The number of benzene rings is 2. The summed E-state index contributed by atoms with van der Waals surface area (Å²) in [6, 6.07) is 12.7. The van der Waals surface area contributed by atoms with Crippen molar-refractivity contribution in [3.05, 3.63) is 64.7 Å². The SMILES string of the molecule is COc1cccc(C(=O)CN(C(=O)c2ccc(Cl)cc2)N2C(=O)[C@@H]3[C@H]4CC[C@@H](C4)[C@H]3C2=O)c1. The van der Waals surface area contributed by atoms with E-state index in [1.54, 1.807) is 36.4 Å². The summed E-state index contributed by atoms with van der Waals surface area (Å²) in [4.78, 5) is 53.4. The fourth-order valence-electron chi connectivity index (χ4n) is 5.63. The van der Waals surface area contributed by atoms with Crippen molar-refractivity contribution in [1.82, 2.24) is 10.0 Å². The molecule has 0 radical (unpaired) electrons. The third-order valence-corrected chi connectivity index (χ3v) is 7.41. The summed E-state index contributed by atoms with van der Waals surface area (Å²) in [5.74, 6) is -1.72. The molecule has 2 aromatic carbocycles. The first kappa shape index (κ1) is 21.6. The molecule has 3 fully saturated rings. The van der Waals surface area contributed by atoms with E-state index in [0.717, 1.165) is 29.3 Å². The second-order valence-corrected chi connectivity index (χ2v) is 9.33. The highest BCUT2D eigenvalue weighted by Gasteiger charge is 2.62. The van der Waals surface area contributed by atoms with Crippen LogP contribution in [0.2, 0.25) is 5.02 Å². The normalized spacial score (nSPS) is 25.3. The molecule has 0 unspecified atom stereocenters. The zero-order valence-corrected chi connectivity index (χ0v) is 18.8. The number of ketones is 1. The van der Waals surface area contributed by atoms with Crippen LogP contribution in [0.3, 0.4) is 0 Å². The van der Waals surface area contributed by atoms with E-state index in [2.05, 4.69) is 0 Å². The van der Waals surface area contributed by atoms with Gasteiger partial charge in [0.2, 0.25) is 0 Å². The van der Waals surface area contributed by atoms with Crippen molar-refractivity contribution in [2.24, 2.45) is 23.7 Å². The highest BCUT2D eigenvalue weighted by Crippen LogP contribution is 2.56. The summed E-state index contributed by atoms with van der Waals surface area (Å²) in [5.41, 5.74) is 0.557. The number of hydrazine groups is 1. The molecule has 0 N–H and O–H groups in total. The number of imide groups is 1. The van der Waals surface area contributed by atoms with Crippen molar-refractivity contribution >= 4 is 35.1 Å². The number of rotatable bonds is 6. The standard InChI is InChI=1S/C25H23ClN2O5/c1-33-19-4-2-3-15(12-19)20(29)13-27(23(30)14-7-9-18(26)10-8-14)28-24(31)21-16-5-6-17(11-16)22(21)25(28)32/h2-4,7-10,12,16-17,21-22H,5-6,11,13H2,1H3/t16-,17-,21+,22+/m0/s1. The molecule has 5 rings (SSSR count). The van der Waals surface area contributed by atoms with Crippen LogP contribution in [0, 0.1) is 23.7 Å². The lowest BCUT2D eigenvalue weighted by Crippen LogP contribution is -2.52. The molecule has 2 aliphatic carbocycles. The van der Waals surface area contributed by atoms with Crippen molar-refractivity contribution < 1.29 is 23.9 Å². The van der Waals surface area contributed by atoms with Gasteiger partial charge in [-0.2, -0.15) is 5.01 Å². The van der Waals surface area contributed by atoms with Crippen LogP contribution in [-0.2, 0) is 9.59 Å². The maximum absolute atomic E-state index is 13.5. The number of carbonyl (C=O) groups is 4. The molecular formula is C25H23ClN2O5. The molecule has 2 bridgehead atoms. The van der Waals surface area contributed by atoms with Gasteiger partial charge in [-0.25, -0.2) is 5.01 Å². The van der Waals surface area contributed by atoms with Crippen molar-refractivity contribution in [2.45, 2.75) is 19.3 Å². The summed E-state index contributed by atoms with van der Waals surface area (Å²) in [6.45, 7) is -0.444. The van der Waals surface area contributed by atoms with Crippen LogP contribution in [-0.4, -0.2) is 47.2 Å². The fraction of sp³-hybridized carbons (Fsp3) is 0.360. The minimum atomic E-state index is -0.600. The smallest absolute Gasteiger partial charge is 0.273 e. The molecule has 4 atom stereocenters. The number of halogens is 1. The van der Waals surface area contributed by atoms with Gasteiger partial charge < -0.3 is 4.74 Å². The highest BCUT2D eigenvalue weighted by atomic mass is 35.5. The van der Waals surface area contributed by atoms with Gasteiger partial charge in [0.05, 0.1) is 18.9 Å². The molecule has 33 heavy (non-hydrogen) atoms. The third kappa shape index (κ3) is 3.60. The average molecular weight is 467 g/mol. The van der Waals surface area contributed by atoms with Gasteiger partial charge in [-0.05, 0) is 67.5 Å². The molecule has 2 aromatic rings. The topological polar surface area (TPSA) is 84.0 Å². The van der Waals surface area contributed by atoms with Gasteiger partial charge in [-0.15, -0.1) is 0 Å². The Labute approximate surface area is 196 Å². The minimum Gasteiger partial charge on any atom is -0.497 e. The first-order valence-electron chi connectivity index (χ1n) is 11.0. The number of fused-ring (bicyclic) bond motifs is 5. The summed E-state index contributed by atoms with van der Waals surface area (Å²) in [7, 11) is 1.49. The zero-order chi connectivity index (χ0) is 23.3. The van der Waals surface area contributed by atoms with Crippen LogP contribution >= 0.6 is 11.6 Å². The monoisotopic (exact) mass is 466 g/mol. The van der Waals surface area contributed by atoms with Crippen LogP contribution in [0.5, 0.6) is 5.75 Å². The number of nitrogens with zero attached hydrogens (tertiary/aromatic N) is 2. The average Bonchev–Trinajstić information content (AvgIpc) is 3.51. The molecule has 0 aromatic heterocycles. The molecule has 1 aliphatic heterocycles. The Kier molecular flexibility index (Phi) is 5.44. The molecule has 1 saturated heterocycles. The van der Waals surface area contributed by atoms with E-state index in [9.17, 15) is 19.2 Å². The predicted octanol–water partition coefficient (Wildman–Crippen LogP) is 3.62. The number of hydrogen-bond donors (Lipinski definition) is 0. The van der Waals surface area contributed by atoms with E-state index in [-0.39, 0.29) is 29.2 Å². The Hall–Kier alpha value is -3.19. The van der Waals surface area contributed by atoms with Gasteiger partial charge in [0, 0.05) is 16.1 Å². The molecule has 2 saturated carbocycles. The van der Waals surface area contributed by atoms with Gasteiger partial charge in [-0.1, -0.05) is 23.7 Å². The van der Waals surface area contributed by atoms with E-state index < -0.39 is 30.1 Å². The zero-order valence-electron chi connectivity index (χ0n) is 18.1. The van der Waals surface area contributed by atoms with Crippen LogP contribution in [0.25, 0.3) is 0 Å². The van der Waals surface area contributed by atoms with E-state index in [4.69, 9.17) is 16.3 Å². The van der Waals surface area contributed by atoms with Crippen LogP contribution < -0.4 is 4.74 Å². The van der Waals surface area contributed by atoms with Crippen LogP contribution in [0.4, 0.5) is 0 Å². The first-order chi connectivity index (χ1) is 15.9. The maximum Gasteiger partial charge on any atom is 0.273 e. The number of carbonyl (C=O) groups excluding carboxylic acids is 4. The molecule has 170 valence electrons. The molecule has 3 aliphatic rings. The molecule has 0 spiro atoms. The molecule has 3 amide bonds. The summed E-state index contributed by atoms with van der Waals surface area (Å²) in [5, 5.41) is 2.40. The van der Waals surface area contributed by atoms with Crippen molar-refractivity contribution in [1.29, 1.82) is 0 Å². The Balaban J connectivity index is 1.49. The van der Waals surface area contributed by atoms with Crippen LogP contribution in [0.1, 0.15) is 40.0 Å². The Morgan fingerprint density at radius 1 is 1.00 bits per heavy atom. The number of hydrogen-bond acceptors (Lipinski definition) is 5. The van der Waals surface area contributed by atoms with Crippen molar-refractivity contribution in [3.8, 4) is 5.75 Å². The van der Waals surface area contributed by atoms with Crippen molar-refractivity contribution in [3.63, 3.8) is 0 Å². The fourth-order valence-corrected chi connectivity index (χ4v) is 5.76. The number of amides is 3.